The number of methoxy groups -OCH3 is 1. The molecule has 0 saturated heterocycles. The molecule has 104 valence electrons. The molecular formula is C16H16O3S. The van der Waals surface area contributed by atoms with E-state index in [1.165, 1.54) is 18.4 Å². The highest BCUT2D eigenvalue weighted by Crippen LogP contribution is 2.22. The van der Waals surface area contributed by atoms with Crippen LogP contribution in [0.15, 0.2) is 36.4 Å². The number of hydrogen-bond acceptors (Lipinski definition) is 4. The van der Waals surface area contributed by atoms with E-state index >= 15 is 0 Å². The minimum absolute atomic E-state index is 0.0172. The predicted molar refractivity (Wildman–Crippen MR) is 79.3 cm³/mol. The van der Waals surface area contributed by atoms with Gasteiger partial charge in [-0.1, -0.05) is 31.2 Å². The van der Waals surface area contributed by atoms with Crippen molar-refractivity contribution >= 4 is 23.1 Å². The highest BCUT2D eigenvalue weighted by molar-refractivity contribution is 7.14. The van der Waals surface area contributed by atoms with Gasteiger partial charge in [0.15, 0.2) is 0 Å². The van der Waals surface area contributed by atoms with Crippen molar-refractivity contribution in [3.05, 3.63) is 57.3 Å². The van der Waals surface area contributed by atoms with Gasteiger partial charge in [0.25, 0.3) is 0 Å². The van der Waals surface area contributed by atoms with E-state index in [4.69, 9.17) is 0 Å². The van der Waals surface area contributed by atoms with Gasteiger partial charge < -0.3 is 4.74 Å². The number of carbonyl (C=O) groups is 2. The van der Waals surface area contributed by atoms with Crippen LogP contribution in [0.25, 0.3) is 0 Å². The van der Waals surface area contributed by atoms with Crippen LogP contribution in [0.5, 0.6) is 0 Å². The van der Waals surface area contributed by atoms with Crippen LogP contribution in [-0.2, 0) is 22.4 Å². The second-order valence-electron chi connectivity index (χ2n) is 4.36. The summed E-state index contributed by atoms with van der Waals surface area (Å²) in [5.74, 6) is -0.275. The molecule has 3 nitrogen and oxygen atoms in total. The number of hydrogen-bond donors (Lipinski definition) is 0. The highest BCUT2D eigenvalue weighted by Gasteiger charge is 2.15. The van der Waals surface area contributed by atoms with Crippen molar-refractivity contribution in [2.24, 2.45) is 0 Å². The molecule has 4 heteroatoms. The van der Waals surface area contributed by atoms with Gasteiger partial charge in [0.05, 0.1) is 18.4 Å². The molecule has 0 aliphatic heterocycles. The second-order valence-corrected chi connectivity index (χ2v) is 5.53. The Morgan fingerprint density at radius 3 is 2.60 bits per heavy atom. The first-order chi connectivity index (χ1) is 9.65. The van der Waals surface area contributed by atoms with E-state index in [0.717, 1.165) is 22.4 Å². The Kier molecular flexibility index (Phi) is 4.69. The van der Waals surface area contributed by atoms with Crippen molar-refractivity contribution in [3.63, 3.8) is 0 Å². The summed E-state index contributed by atoms with van der Waals surface area (Å²) in [5, 5.41) is 0. The van der Waals surface area contributed by atoms with E-state index in [1.54, 1.807) is 6.07 Å². The van der Waals surface area contributed by atoms with Crippen LogP contribution in [0.4, 0.5) is 0 Å². The zero-order valence-electron chi connectivity index (χ0n) is 11.5. The summed E-state index contributed by atoms with van der Waals surface area (Å²) < 4.78 is 4.63. The highest BCUT2D eigenvalue weighted by atomic mass is 32.1. The molecule has 0 aliphatic rings. The quantitative estimate of drug-likeness (QED) is 0.626. The minimum atomic E-state index is -0.292. The maximum absolute atomic E-state index is 12.5. The summed E-state index contributed by atoms with van der Waals surface area (Å²) in [6.07, 6.45) is 1.03. The SMILES string of the molecule is CCc1ccccc1C(=O)c1ccc(CC(=O)OC)s1. The summed E-state index contributed by atoms with van der Waals surface area (Å²) in [4.78, 5) is 25.2. The molecule has 0 saturated carbocycles. The fourth-order valence-electron chi connectivity index (χ4n) is 1.99. The first kappa shape index (κ1) is 14.5. The molecule has 1 heterocycles. The maximum Gasteiger partial charge on any atom is 0.310 e. The largest absolute Gasteiger partial charge is 0.469 e. The number of carbonyl (C=O) groups excluding carboxylic acids is 2. The zero-order valence-corrected chi connectivity index (χ0v) is 12.3. The van der Waals surface area contributed by atoms with Crippen LogP contribution in [0.3, 0.4) is 0 Å². The van der Waals surface area contributed by atoms with Gasteiger partial charge in [-0.2, -0.15) is 0 Å². The van der Waals surface area contributed by atoms with Crippen LogP contribution in [-0.4, -0.2) is 18.9 Å². The lowest BCUT2D eigenvalue weighted by Crippen LogP contribution is -2.03. The molecule has 2 rings (SSSR count). The average molecular weight is 288 g/mol. The molecule has 0 radical (unpaired) electrons. The van der Waals surface area contributed by atoms with E-state index in [1.807, 2.05) is 37.3 Å². The Labute approximate surface area is 122 Å². The molecule has 0 spiro atoms. The Hall–Kier alpha value is -1.94. The summed E-state index contributed by atoms with van der Waals surface area (Å²) >= 11 is 1.35. The fourth-order valence-corrected chi connectivity index (χ4v) is 2.94. The van der Waals surface area contributed by atoms with Gasteiger partial charge in [-0.15, -0.1) is 11.3 Å². The monoisotopic (exact) mass is 288 g/mol. The summed E-state index contributed by atoms with van der Waals surface area (Å²) in [5.41, 5.74) is 1.78. The van der Waals surface area contributed by atoms with Gasteiger partial charge in [0.2, 0.25) is 5.78 Å². The standard InChI is InChI=1S/C16H16O3S/c1-3-11-6-4-5-7-13(11)16(18)14-9-8-12(20-14)10-15(17)19-2/h4-9H,3,10H2,1-2H3. The predicted octanol–water partition coefficient (Wildman–Crippen LogP) is 3.26. The molecule has 0 aliphatic carbocycles. The maximum atomic E-state index is 12.5. The number of ether oxygens (including phenoxy) is 1. The van der Waals surface area contributed by atoms with Crippen molar-refractivity contribution in [2.45, 2.75) is 19.8 Å². The van der Waals surface area contributed by atoms with Crippen LogP contribution in [0.1, 0.15) is 32.6 Å². The van der Waals surface area contributed by atoms with Crippen molar-refractivity contribution < 1.29 is 14.3 Å². The van der Waals surface area contributed by atoms with Gasteiger partial charge in [0, 0.05) is 10.4 Å². The fraction of sp³-hybridized carbons (Fsp3) is 0.250. The average Bonchev–Trinajstić information content (AvgIpc) is 2.94. The third-order valence-corrected chi connectivity index (χ3v) is 4.16. The van der Waals surface area contributed by atoms with Crippen molar-refractivity contribution in [2.75, 3.05) is 7.11 Å². The summed E-state index contributed by atoms with van der Waals surface area (Å²) in [7, 11) is 1.36. The Bertz CT molecular complexity index is 628. The topological polar surface area (TPSA) is 43.4 Å². The first-order valence-electron chi connectivity index (χ1n) is 6.43. The van der Waals surface area contributed by atoms with E-state index in [9.17, 15) is 9.59 Å². The van der Waals surface area contributed by atoms with Crippen LogP contribution < -0.4 is 0 Å². The zero-order chi connectivity index (χ0) is 14.5. The number of esters is 1. The lowest BCUT2D eigenvalue weighted by atomic mass is 10.0. The molecule has 0 fully saturated rings. The van der Waals surface area contributed by atoms with Gasteiger partial charge in [-0.05, 0) is 24.1 Å². The smallest absolute Gasteiger partial charge is 0.310 e. The lowest BCUT2D eigenvalue weighted by Gasteiger charge is -2.04. The van der Waals surface area contributed by atoms with Crippen LogP contribution in [0, 0.1) is 0 Å². The van der Waals surface area contributed by atoms with E-state index < -0.39 is 0 Å². The lowest BCUT2D eigenvalue weighted by molar-refractivity contribution is -0.139. The molecule has 1 aromatic heterocycles. The van der Waals surface area contributed by atoms with Gasteiger partial charge >= 0.3 is 5.97 Å². The molecule has 2 aromatic rings. The molecular weight excluding hydrogens is 272 g/mol. The Balaban J connectivity index is 2.23. The van der Waals surface area contributed by atoms with Crippen LogP contribution >= 0.6 is 11.3 Å². The summed E-state index contributed by atoms with van der Waals surface area (Å²) in [6, 6.07) is 11.2. The van der Waals surface area contributed by atoms with Crippen molar-refractivity contribution in [3.8, 4) is 0 Å². The first-order valence-corrected chi connectivity index (χ1v) is 7.25. The van der Waals surface area contributed by atoms with Gasteiger partial charge in [-0.25, -0.2) is 0 Å². The van der Waals surface area contributed by atoms with Gasteiger partial charge in [0.1, 0.15) is 0 Å². The van der Waals surface area contributed by atoms with Crippen LogP contribution in [0.2, 0.25) is 0 Å². The summed E-state index contributed by atoms with van der Waals surface area (Å²) in [6.45, 7) is 2.03. The molecule has 0 bridgehead atoms. The number of ketones is 1. The third-order valence-electron chi connectivity index (χ3n) is 3.07. The third kappa shape index (κ3) is 3.14. The normalized spacial score (nSPS) is 10.3. The van der Waals surface area contributed by atoms with E-state index in [-0.39, 0.29) is 18.2 Å². The second kappa shape index (κ2) is 6.48. The Morgan fingerprint density at radius 1 is 1.15 bits per heavy atom. The molecule has 0 N–H and O–H groups in total. The number of rotatable bonds is 5. The van der Waals surface area contributed by atoms with Crippen molar-refractivity contribution in [1.82, 2.24) is 0 Å². The van der Waals surface area contributed by atoms with E-state index in [0.29, 0.717) is 4.88 Å². The number of aryl methyl sites for hydroxylation is 1. The molecule has 0 amide bonds. The molecule has 1 aromatic carbocycles. The van der Waals surface area contributed by atoms with Gasteiger partial charge in [-0.3, -0.25) is 9.59 Å². The molecule has 0 atom stereocenters. The molecule has 20 heavy (non-hydrogen) atoms. The Morgan fingerprint density at radius 2 is 1.90 bits per heavy atom. The van der Waals surface area contributed by atoms with Crippen molar-refractivity contribution in [1.29, 1.82) is 0 Å². The van der Waals surface area contributed by atoms with E-state index in [2.05, 4.69) is 4.74 Å². The molecule has 0 unspecified atom stereocenters. The number of thiophene rings is 1. The number of benzene rings is 1. The minimum Gasteiger partial charge on any atom is -0.469 e.